The first-order valence-corrected chi connectivity index (χ1v) is 10.6. The molecule has 6 heteroatoms. The number of carbonyl (C=O) groups excluding carboxylic acids is 2. The molecule has 1 aliphatic rings. The SMILES string of the molecule is CCOc1cccc2c(OC(C)(C)CCOC(C)(C)CN3C(=O)C=CC3=O)cccc12. The Kier molecular flexibility index (Phi) is 6.70. The van der Waals surface area contributed by atoms with Gasteiger partial charge in [-0.2, -0.15) is 0 Å². The van der Waals surface area contributed by atoms with Gasteiger partial charge in [0.25, 0.3) is 11.8 Å². The Bertz CT molecular complexity index is 975. The highest BCUT2D eigenvalue weighted by molar-refractivity contribution is 6.12. The number of benzene rings is 2. The minimum atomic E-state index is -0.654. The predicted octanol–water partition coefficient (Wildman–Crippen LogP) is 4.51. The second-order valence-electron chi connectivity index (χ2n) is 8.86. The van der Waals surface area contributed by atoms with Gasteiger partial charge >= 0.3 is 0 Å². The highest BCUT2D eigenvalue weighted by Crippen LogP contribution is 2.34. The number of fused-ring (bicyclic) bond motifs is 1. The zero-order chi connectivity index (χ0) is 22.6. The second kappa shape index (κ2) is 9.10. The quantitative estimate of drug-likeness (QED) is 0.524. The van der Waals surface area contributed by atoms with Crippen molar-refractivity contribution in [1.82, 2.24) is 4.90 Å². The molecule has 0 saturated heterocycles. The molecule has 166 valence electrons. The van der Waals surface area contributed by atoms with Crippen LogP contribution in [0.15, 0.2) is 48.6 Å². The largest absolute Gasteiger partial charge is 0.493 e. The molecule has 0 saturated carbocycles. The zero-order valence-corrected chi connectivity index (χ0v) is 18.9. The molecule has 0 bridgehead atoms. The maximum atomic E-state index is 11.8. The molecular weight excluding hydrogens is 394 g/mol. The number of ether oxygens (including phenoxy) is 3. The van der Waals surface area contributed by atoms with Crippen LogP contribution in [0.2, 0.25) is 0 Å². The molecule has 2 amide bonds. The van der Waals surface area contributed by atoms with E-state index in [-0.39, 0.29) is 18.4 Å². The lowest BCUT2D eigenvalue weighted by molar-refractivity contribution is -0.142. The number of nitrogens with zero attached hydrogens (tertiary/aromatic N) is 1. The van der Waals surface area contributed by atoms with Crippen molar-refractivity contribution >= 4 is 22.6 Å². The van der Waals surface area contributed by atoms with Crippen LogP contribution in [-0.2, 0) is 14.3 Å². The Morgan fingerprint density at radius 3 is 2.03 bits per heavy atom. The summed E-state index contributed by atoms with van der Waals surface area (Å²) in [5.74, 6) is 1.04. The van der Waals surface area contributed by atoms with Crippen molar-refractivity contribution in [3.8, 4) is 11.5 Å². The van der Waals surface area contributed by atoms with Crippen molar-refractivity contribution in [3.63, 3.8) is 0 Å². The van der Waals surface area contributed by atoms with Crippen molar-refractivity contribution < 1.29 is 23.8 Å². The number of carbonyl (C=O) groups is 2. The van der Waals surface area contributed by atoms with E-state index in [1.54, 1.807) is 0 Å². The summed E-state index contributed by atoms with van der Waals surface area (Å²) in [5, 5.41) is 2.02. The van der Waals surface area contributed by atoms with Gasteiger partial charge in [-0.15, -0.1) is 0 Å². The monoisotopic (exact) mass is 425 g/mol. The summed E-state index contributed by atoms with van der Waals surface area (Å²) in [6, 6.07) is 11.9. The first-order chi connectivity index (χ1) is 14.6. The van der Waals surface area contributed by atoms with Crippen LogP contribution in [-0.4, -0.2) is 47.7 Å². The summed E-state index contributed by atoms with van der Waals surface area (Å²) in [6.45, 7) is 11.0. The van der Waals surface area contributed by atoms with E-state index in [0.29, 0.717) is 19.6 Å². The van der Waals surface area contributed by atoms with Crippen molar-refractivity contribution in [3.05, 3.63) is 48.6 Å². The molecule has 0 radical (unpaired) electrons. The van der Waals surface area contributed by atoms with E-state index in [9.17, 15) is 9.59 Å². The van der Waals surface area contributed by atoms with Gasteiger partial charge in [0.15, 0.2) is 0 Å². The maximum Gasteiger partial charge on any atom is 0.253 e. The molecule has 0 aromatic heterocycles. The Morgan fingerprint density at radius 2 is 1.42 bits per heavy atom. The maximum absolute atomic E-state index is 11.8. The van der Waals surface area contributed by atoms with Crippen LogP contribution in [0.3, 0.4) is 0 Å². The fraction of sp³-hybridized carbons (Fsp3) is 0.440. The molecule has 31 heavy (non-hydrogen) atoms. The lowest BCUT2D eigenvalue weighted by atomic mass is 10.0. The van der Waals surface area contributed by atoms with Gasteiger partial charge in [-0.3, -0.25) is 14.5 Å². The lowest BCUT2D eigenvalue weighted by Crippen LogP contribution is -2.44. The third-order valence-electron chi connectivity index (χ3n) is 5.16. The molecule has 1 aliphatic heterocycles. The molecule has 0 atom stereocenters. The molecule has 0 unspecified atom stereocenters. The van der Waals surface area contributed by atoms with E-state index in [0.717, 1.165) is 22.3 Å². The van der Waals surface area contributed by atoms with Crippen molar-refractivity contribution in [2.24, 2.45) is 0 Å². The van der Waals surface area contributed by atoms with Gasteiger partial charge in [0.1, 0.15) is 17.1 Å². The van der Waals surface area contributed by atoms with Gasteiger partial charge in [-0.25, -0.2) is 0 Å². The van der Waals surface area contributed by atoms with Crippen molar-refractivity contribution in [2.45, 2.75) is 52.2 Å². The fourth-order valence-corrected chi connectivity index (χ4v) is 3.56. The third-order valence-corrected chi connectivity index (χ3v) is 5.16. The Hall–Kier alpha value is -2.86. The van der Waals surface area contributed by atoms with Gasteiger partial charge in [0.05, 0.1) is 25.4 Å². The van der Waals surface area contributed by atoms with Crippen molar-refractivity contribution in [1.29, 1.82) is 0 Å². The van der Waals surface area contributed by atoms with Crippen LogP contribution in [0.1, 0.15) is 41.0 Å². The van der Waals surface area contributed by atoms with Gasteiger partial charge in [0.2, 0.25) is 0 Å². The molecule has 0 fully saturated rings. The van der Waals surface area contributed by atoms with Crippen molar-refractivity contribution in [2.75, 3.05) is 19.8 Å². The van der Waals surface area contributed by atoms with Crippen LogP contribution in [0.4, 0.5) is 0 Å². The van der Waals surface area contributed by atoms with E-state index in [2.05, 4.69) is 0 Å². The van der Waals surface area contributed by atoms with Gasteiger partial charge in [-0.1, -0.05) is 24.3 Å². The molecule has 6 nitrogen and oxygen atoms in total. The number of hydrogen-bond acceptors (Lipinski definition) is 5. The van der Waals surface area contributed by atoms with E-state index < -0.39 is 11.2 Å². The lowest BCUT2D eigenvalue weighted by Gasteiger charge is -2.32. The van der Waals surface area contributed by atoms with Gasteiger partial charge in [0, 0.05) is 29.3 Å². The molecule has 1 heterocycles. The van der Waals surface area contributed by atoms with E-state index in [4.69, 9.17) is 14.2 Å². The number of hydrogen-bond donors (Lipinski definition) is 0. The van der Waals surface area contributed by atoms with E-state index >= 15 is 0 Å². The standard InChI is InChI=1S/C25H31NO5/c1-6-29-20-11-7-10-19-18(20)9-8-12-21(19)31-24(2,3)15-16-30-25(4,5)17-26-22(27)13-14-23(26)28/h7-14H,6,15-17H2,1-5H3. The Labute approximate surface area is 183 Å². The third kappa shape index (κ3) is 5.64. The molecule has 2 aromatic carbocycles. The average Bonchev–Trinajstić information content (AvgIpc) is 3.00. The molecule has 2 aromatic rings. The number of amides is 2. The first-order valence-electron chi connectivity index (χ1n) is 10.6. The summed E-state index contributed by atoms with van der Waals surface area (Å²) in [7, 11) is 0. The Balaban J connectivity index is 1.62. The number of imide groups is 1. The average molecular weight is 426 g/mol. The fourth-order valence-electron chi connectivity index (χ4n) is 3.56. The minimum absolute atomic E-state index is 0.211. The van der Waals surface area contributed by atoms with E-state index in [1.807, 2.05) is 71.0 Å². The highest BCUT2D eigenvalue weighted by atomic mass is 16.5. The molecular formula is C25H31NO5. The summed E-state index contributed by atoms with van der Waals surface area (Å²) in [5.41, 5.74) is -1.13. The summed E-state index contributed by atoms with van der Waals surface area (Å²) in [6.07, 6.45) is 3.21. The molecule has 0 N–H and O–H groups in total. The first kappa shape index (κ1) is 22.8. The van der Waals surface area contributed by atoms with Crippen LogP contribution in [0.25, 0.3) is 10.8 Å². The van der Waals surface area contributed by atoms with Crippen LogP contribution in [0.5, 0.6) is 11.5 Å². The van der Waals surface area contributed by atoms with E-state index in [1.165, 1.54) is 17.1 Å². The predicted molar refractivity (Wildman–Crippen MR) is 120 cm³/mol. The molecule has 0 aliphatic carbocycles. The van der Waals surface area contributed by atoms with Crippen LogP contribution in [0, 0.1) is 0 Å². The van der Waals surface area contributed by atoms with Crippen LogP contribution >= 0.6 is 0 Å². The topological polar surface area (TPSA) is 65.1 Å². The molecule has 3 rings (SSSR count). The normalized spacial score (nSPS) is 14.5. The Morgan fingerprint density at radius 1 is 0.839 bits per heavy atom. The number of rotatable bonds is 10. The molecule has 0 spiro atoms. The second-order valence-corrected chi connectivity index (χ2v) is 8.86. The smallest absolute Gasteiger partial charge is 0.253 e. The summed E-state index contributed by atoms with van der Waals surface area (Å²) < 4.78 is 18.1. The summed E-state index contributed by atoms with van der Waals surface area (Å²) >= 11 is 0. The van der Waals surface area contributed by atoms with Gasteiger partial charge < -0.3 is 14.2 Å². The zero-order valence-electron chi connectivity index (χ0n) is 18.9. The highest BCUT2D eigenvalue weighted by Gasteiger charge is 2.31. The summed E-state index contributed by atoms with van der Waals surface area (Å²) in [4.78, 5) is 24.8. The van der Waals surface area contributed by atoms with Gasteiger partial charge in [-0.05, 0) is 46.8 Å². The van der Waals surface area contributed by atoms with Crippen LogP contribution < -0.4 is 9.47 Å². The minimum Gasteiger partial charge on any atom is -0.493 e.